The zero-order chi connectivity index (χ0) is 19.5. The summed E-state index contributed by atoms with van der Waals surface area (Å²) in [4.78, 5) is 3.33. The summed E-state index contributed by atoms with van der Waals surface area (Å²) in [5.41, 5.74) is 4.73. The second-order valence-corrected chi connectivity index (χ2v) is 7.43. The molecular formula is C23H28N2O3. The van der Waals surface area contributed by atoms with E-state index >= 15 is 0 Å². The number of rotatable bonds is 7. The Morgan fingerprint density at radius 2 is 1.75 bits per heavy atom. The zero-order valence-corrected chi connectivity index (χ0v) is 16.5. The molecule has 0 fully saturated rings. The van der Waals surface area contributed by atoms with Gasteiger partial charge in [-0.15, -0.1) is 0 Å². The number of benzene rings is 2. The van der Waals surface area contributed by atoms with E-state index < -0.39 is 6.10 Å². The minimum atomic E-state index is -0.429. The van der Waals surface area contributed by atoms with E-state index in [0.29, 0.717) is 6.42 Å². The van der Waals surface area contributed by atoms with Crippen LogP contribution < -0.4 is 14.8 Å². The van der Waals surface area contributed by atoms with Gasteiger partial charge in [0.15, 0.2) is 0 Å². The van der Waals surface area contributed by atoms with Crippen molar-refractivity contribution in [2.24, 2.45) is 0 Å². The first kappa shape index (κ1) is 18.8. The van der Waals surface area contributed by atoms with Gasteiger partial charge >= 0.3 is 0 Å². The molecule has 28 heavy (non-hydrogen) atoms. The largest absolute Gasteiger partial charge is 0.496 e. The fourth-order valence-corrected chi connectivity index (χ4v) is 4.30. The predicted octanol–water partition coefficient (Wildman–Crippen LogP) is 3.24. The number of aromatic amines is 1. The number of aliphatic hydroxyl groups excluding tert-OH is 1. The van der Waals surface area contributed by atoms with Crippen LogP contribution in [0.5, 0.6) is 11.5 Å². The van der Waals surface area contributed by atoms with Crippen molar-refractivity contribution in [2.75, 3.05) is 20.8 Å². The molecule has 3 N–H and O–H groups in total. The molecule has 0 aliphatic heterocycles. The van der Waals surface area contributed by atoms with Gasteiger partial charge in [0, 0.05) is 40.7 Å². The lowest BCUT2D eigenvalue weighted by molar-refractivity contribution is 0.117. The average Bonchev–Trinajstić information content (AvgIpc) is 3.14. The molecule has 3 aromatic rings. The average molecular weight is 380 g/mol. The highest BCUT2D eigenvalue weighted by Gasteiger charge is 2.30. The molecule has 0 bridgehead atoms. The van der Waals surface area contributed by atoms with Crippen molar-refractivity contribution in [1.29, 1.82) is 0 Å². The van der Waals surface area contributed by atoms with Crippen LogP contribution in [0.25, 0.3) is 10.9 Å². The van der Waals surface area contributed by atoms with Crippen LogP contribution in [0.3, 0.4) is 0 Å². The molecule has 0 radical (unpaired) electrons. The zero-order valence-electron chi connectivity index (χ0n) is 16.5. The Kier molecular flexibility index (Phi) is 5.55. The van der Waals surface area contributed by atoms with Crippen LogP contribution in [0.15, 0.2) is 42.6 Å². The molecule has 148 valence electrons. The highest BCUT2D eigenvalue weighted by molar-refractivity contribution is 5.83. The number of fused-ring (bicyclic) bond motifs is 2. The normalized spacial score (nSPS) is 18.8. The molecule has 1 aromatic heterocycles. The molecule has 1 aliphatic rings. The minimum Gasteiger partial charge on any atom is -0.496 e. The first-order chi connectivity index (χ1) is 13.7. The van der Waals surface area contributed by atoms with E-state index in [1.165, 1.54) is 16.5 Å². The van der Waals surface area contributed by atoms with Gasteiger partial charge < -0.3 is 24.9 Å². The van der Waals surface area contributed by atoms with Gasteiger partial charge in [-0.25, -0.2) is 0 Å². The number of ether oxygens (including phenoxy) is 2. The molecule has 1 heterocycles. The Morgan fingerprint density at radius 3 is 2.50 bits per heavy atom. The number of aliphatic hydroxyl groups is 1. The summed E-state index contributed by atoms with van der Waals surface area (Å²) in [5.74, 6) is 1.70. The number of aromatic nitrogens is 1. The molecule has 4 rings (SSSR count). The summed E-state index contributed by atoms with van der Waals surface area (Å²) in [6, 6.07) is 12.3. The summed E-state index contributed by atoms with van der Waals surface area (Å²) in [6.45, 7) is 0.864. The van der Waals surface area contributed by atoms with Gasteiger partial charge in [0.05, 0.1) is 20.3 Å². The van der Waals surface area contributed by atoms with Crippen LogP contribution in [0, 0.1) is 0 Å². The fraction of sp³-hybridized carbons (Fsp3) is 0.391. The third-order valence-corrected chi connectivity index (χ3v) is 5.79. The monoisotopic (exact) mass is 380 g/mol. The Bertz CT molecular complexity index is 950. The van der Waals surface area contributed by atoms with Crippen molar-refractivity contribution in [1.82, 2.24) is 10.3 Å². The summed E-state index contributed by atoms with van der Waals surface area (Å²) in [6.07, 6.45) is 5.02. The van der Waals surface area contributed by atoms with E-state index in [2.05, 4.69) is 40.8 Å². The fourth-order valence-electron chi connectivity index (χ4n) is 4.30. The molecule has 0 spiro atoms. The maximum absolute atomic E-state index is 10.7. The van der Waals surface area contributed by atoms with E-state index in [0.717, 1.165) is 48.4 Å². The lowest BCUT2D eigenvalue weighted by Gasteiger charge is -2.32. The molecule has 0 saturated carbocycles. The van der Waals surface area contributed by atoms with Crippen LogP contribution in [0.2, 0.25) is 0 Å². The third-order valence-electron chi connectivity index (χ3n) is 5.79. The molecule has 1 aliphatic carbocycles. The van der Waals surface area contributed by atoms with Crippen molar-refractivity contribution in [2.45, 2.75) is 37.8 Å². The van der Waals surface area contributed by atoms with Gasteiger partial charge in [-0.3, -0.25) is 0 Å². The number of methoxy groups -OCH3 is 2. The third kappa shape index (κ3) is 3.60. The van der Waals surface area contributed by atoms with E-state index in [1.54, 1.807) is 14.2 Å². The molecular weight excluding hydrogens is 352 g/mol. The topological polar surface area (TPSA) is 66.5 Å². The van der Waals surface area contributed by atoms with E-state index in [9.17, 15) is 5.11 Å². The molecule has 0 saturated heterocycles. The van der Waals surface area contributed by atoms with Crippen molar-refractivity contribution in [3.8, 4) is 11.5 Å². The number of hydrogen-bond acceptors (Lipinski definition) is 4. The van der Waals surface area contributed by atoms with Crippen LogP contribution in [-0.2, 0) is 19.3 Å². The lowest BCUT2D eigenvalue weighted by atomic mass is 9.85. The summed E-state index contributed by atoms with van der Waals surface area (Å²) < 4.78 is 11.0. The van der Waals surface area contributed by atoms with E-state index in [4.69, 9.17) is 9.47 Å². The lowest BCUT2D eigenvalue weighted by Crippen LogP contribution is -2.46. The molecule has 5 nitrogen and oxygen atoms in total. The van der Waals surface area contributed by atoms with Crippen molar-refractivity contribution < 1.29 is 14.6 Å². The first-order valence-electron chi connectivity index (χ1n) is 9.90. The number of para-hydroxylation sites is 1. The van der Waals surface area contributed by atoms with Gasteiger partial charge in [-0.05, 0) is 49.6 Å². The van der Waals surface area contributed by atoms with Crippen molar-refractivity contribution in [3.63, 3.8) is 0 Å². The summed E-state index contributed by atoms with van der Waals surface area (Å²) >= 11 is 0. The number of H-pyrrole nitrogens is 1. The molecule has 2 atom stereocenters. The molecule has 0 amide bonds. The Balaban J connectivity index is 1.38. The quantitative estimate of drug-likeness (QED) is 0.551. The van der Waals surface area contributed by atoms with Crippen LogP contribution in [-0.4, -0.2) is 43.0 Å². The SMILES string of the molecule is COc1ccc(OC)c2c1CC(O)C(NCCCc1c[nH]c3ccccc13)C2. The maximum Gasteiger partial charge on any atom is 0.122 e. The van der Waals surface area contributed by atoms with Crippen molar-refractivity contribution >= 4 is 10.9 Å². The first-order valence-corrected chi connectivity index (χ1v) is 9.90. The Morgan fingerprint density at radius 1 is 1.04 bits per heavy atom. The van der Waals surface area contributed by atoms with Crippen LogP contribution in [0.1, 0.15) is 23.1 Å². The van der Waals surface area contributed by atoms with E-state index in [1.807, 2.05) is 12.1 Å². The second kappa shape index (κ2) is 8.25. The van der Waals surface area contributed by atoms with Gasteiger partial charge in [-0.1, -0.05) is 18.2 Å². The van der Waals surface area contributed by atoms with Crippen LogP contribution >= 0.6 is 0 Å². The second-order valence-electron chi connectivity index (χ2n) is 7.43. The molecule has 2 unspecified atom stereocenters. The summed E-state index contributed by atoms with van der Waals surface area (Å²) in [7, 11) is 3.36. The summed E-state index contributed by atoms with van der Waals surface area (Å²) in [5, 5.41) is 15.5. The minimum absolute atomic E-state index is 0.0245. The van der Waals surface area contributed by atoms with Gasteiger partial charge in [-0.2, -0.15) is 0 Å². The van der Waals surface area contributed by atoms with Crippen molar-refractivity contribution in [3.05, 3.63) is 59.3 Å². The number of nitrogens with one attached hydrogen (secondary N) is 2. The standard InChI is InChI=1S/C23H28N2O3/c1-27-22-9-10-23(28-2)18-13-21(26)20(12-17(18)22)24-11-5-6-15-14-25-19-8-4-3-7-16(15)19/h3-4,7-10,14,20-21,24-26H,5-6,11-13H2,1-2H3. The smallest absolute Gasteiger partial charge is 0.122 e. The van der Waals surface area contributed by atoms with Gasteiger partial charge in [0.1, 0.15) is 11.5 Å². The predicted molar refractivity (Wildman–Crippen MR) is 111 cm³/mol. The Hall–Kier alpha value is -2.50. The molecule has 5 heteroatoms. The number of aryl methyl sites for hydroxylation is 1. The highest BCUT2D eigenvalue weighted by Crippen LogP contribution is 2.36. The number of hydrogen-bond donors (Lipinski definition) is 3. The Labute approximate surface area is 165 Å². The van der Waals surface area contributed by atoms with Gasteiger partial charge in [0.2, 0.25) is 0 Å². The molecule has 2 aromatic carbocycles. The van der Waals surface area contributed by atoms with E-state index in [-0.39, 0.29) is 6.04 Å². The maximum atomic E-state index is 10.7. The van der Waals surface area contributed by atoms with Crippen LogP contribution in [0.4, 0.5) is 0 Å². The highest BCUT2D eigenvalue weighted by atomic mass is 16.5. The van der Waals surface area contributed by atoms with Gasteiger partial charge in [0.25, 0.3) is 0 Å².